The fourth-order valence-electron chi connectivity index (χ4n) is 4.80. The minimum Gasteiger partial charge on any atom is -0.349 e. The molecule has 5 rings (SSSR count). The molecule has 168 valence electrons. The van der Waals surface area contributed by atoms with Crippen molar-refractivity contribution < 1.29 is 9.59 Å². The van der Waals surface area contributed by atoms with Crippen LogP contribution in [-0.4, -0.2) is 38.0 Å². The first kappa shape index (κ1) is 21.1. The van der Waals surface area contributed by atoms with E-state index in [1.807, 2.05) is 42.6 Å². The predicted molar refractivity (Wildman–Crippen MR) is 124 cm³/mol. The number of carbonyl (C=O) groups is 2. The molecule has 8 heteroatoms. The minimum absolute atomic E-state index is 0.0876. The fourth-order valence-corrected chi connectivity index (χ4v) is 4.80. The highest BCUT2D eigenvalue weighted by atomic mass is 16.2. The third-order valence-electron chi connectivity index (χ3n) is 6.55. The van der Waals surface area contributed by atoms with Gasteiger partial charge in [-0.25, -0.2) is 9.61 Å². The smallest absolute Gasteiger partial charge is 0.272 e. The molecule has 1 aromatic carbocycles. The van der Waals surface area contributed by atoms with Crippen molar-refractivity contribution in [2.24, 2.45) is 0 Å². The zero-order valence-electron chi connectivity index (χ0n) is 18.2. The Morgan fingerprint density at radius 3 is 2.70 bits per heavy atom. The standard InChI is InChI=1S/C25H25N5O3/c31-13-3-4-16-7-12-22-21(14-26-30(22)15-16)24(32)27-18-10-8-17(9-11-18)23-19-5-1-2-6-20(19)25(33)29-28-23/h1-2,5-7,12-15,17-18H,3-4,8-11H2,(H,27,32)(H,29,33)/t17-,18-. The van der Waals surface area contributed by atoms with Crippen molar-refractivity contribution in [2.75, 3.05) is 0 Å². The Hall–Kier alpha value is -3.81. The van der Waals surface area contributed by atoms with Crippen molar-refractivity contribution in [3.63, 3.8) is 0 Å². The lowest BCUT2D eigenvalue weighted by Crippen LogP contribution is -2.37. The van der Waals surface area contributed by atoms with Crippen LogP contribution in [0.15, 0.2) is 53.6 Å². The van der Waals surface area contributed by atoms with Gasteiger partial charge in [-0.15, -0.1) is 0 Å². The third kappa shape index (κ3) is 4.16. The highest BCUT2D eigenvalue weighted by molar-refractivity contribution is 6.00. The van der Waals surface area contributed by atoms with Crippen molar-refractivity contribution in [1.82, 2.24) is 25.1 Å². The van der Waals surface area contributed by atoms with E-state index in [-0.39, 0.29) is 23.4 Å². The number of aromatic nitrogens is 4. The zero-order chi connectivity index (χ0) is 22.8. The second-order valence-electron chi connectivity index (χ2n) is 8.64. The number of hydrogen-bond donors (Lipinski definition) is 2. The highest BCUT2D eigenvalue weighted by Gasteiger charge is 2.27. The Balaban J connectivity index is 1.25. The Morgan fingerprint density at radius 2 is 1.91 bits per heavy atom. The summed E-state index contributed by atoms with van der Waals surface area (Å²) >= 11 is 0. The molecular formula is C25H25N5O3. The van der Waals surface area contributed by atoms with Gasteiger partial charge < -0.3 is 10.1 Å². The van der Waals surface area contributed by atoms with E-state index >= 15 is 0 Å². The van der Waals surface area contributed by atoms with E-state index in [0.717, 1.165) is 54.1 Å². The average Bonchev–Trinajstić information content (AvgIpc) is 3.27. The summed E-state index contributed by atoms with van der Waals surface area (Å²) in [5.74, 6) is 0.128. The molecular weight excluding hydrogens is 418 g/mol. The summed E-state index contributed by atoms with van der Waals surface area (Å²) < 4.78 is 1.69. The van der Waals surface area contributed by atoms with Crippen molar-refractivity contribution in [2.45, 2.75) is 50.5 Å². The van der Waals surface area contributed by atoms with Crippen LogP contribution < -0.4 is 10.9 Å². The Morgan fingerprint density at radius 1 is 1.12 bits per heavy atom. The van der Waals surface area contributed by atoms with Gasteiger partial charge >= 0.3 is 0 Å². The summed E-state index contributed by atoms with van der Waals surface area (Å²) in [7, 11) is 0. The van der Waals surface area contributed by atoms with E-state index in [9.17, 15) is 14.4 Å². The quantitative estimate of drug-likeness (QED) is 0.445. The number of nitrogens with one attached hydrogen (secondary N) is 2. The molecule has 0 atom stereocenters. The van der Waals surface area contributed by atoms with E-state index in [4.69, 9.17) is 0 Å². The van der Waals surface area contributed by atoms with Crippen LogP contribution in [0.3, 0.4) is 0 Å². The Bertz CT molecular complexity index is 1380. The van der Waals surface area contributed by atoms with Gasteiger partial charge in [-0.2, -0.15) is 10.2 Å². The highest BCUT2D eigenvalue weighted by Crippen LogP contribution is 2.34. The number of aromatic amines is 1. The van der Waals surface area contributed by atoms with Crippen LogP contribution in [0.4, 0.5) is 0 Å². The molecule has 2 N–H and O–H groups in total. The maximum absolute atomic E-state index is 12.9. The molecule has 8 nitrogen and oxygen atoms in total. The molecule has 0 aliphatic heterocycles. The lowest BCUT2D eigenvalue weighted by molar-refractivity contribution is -0.107. The fraction of sp³-hybridized carbons (Fsp3) is 0.320. The predicted octanol–water partition coefficient (Wildman–Crippen LogP) is 3.16. The monoisotopic (exact) mass is 443 g/mol. The van der Waals surface area contributed by atoms with Crippen molar-refractivity contribution in [3.05, 3.63) is 76.0 Å². The Labute approximate surface area is 190 Å². The average molecular weight is 444 g/mol. The summed E-state index contributed by atoms with van der Waals surface area (Å²) in [6, 6.07) is 11.5. The number of aryl methyl sites for hydroxylation is 1. The molecule has 0 radical (unpaired) electrons. The van der Waals surface area contributed by atoms with Gasteiger partial charge in [0.2, 0.25) is 0 Å². The second-order valence-corrected chi connectivity index (χ2v) is 8.64. The molecule has 4 aromatic rings. The number of rotatable bonds is 6. The first-order chi connectivity index (χ1) is 16.1. The molecule has 0 bridgehead atoms. The number of aldehydes is 1. The Kier molecular flexibility index (Phi) is 5.73. The van der Waals surface area contributed by atoms with E-state index in [0.29, 0.717) is 23.8 Å². The number of fused-ring (bicyclic) bond motifs is 2. The largest absolute Gasteiger partial charge is 0.349 e. The second kappa shape index (κ2) is 8.97. The van der Waals surface area contributed by atoms with Crippen LogP contribution in [0.1, 0.15) is 59.6 Å². The SMILES string of the molecule is O=CCCc1ccc2c(C(=O)N[C@H]3CC[C@H](c4n[nH]c(=O)c5ccccc54)CC3)cnn2c1. The lowest BCUT2D eigenvalue weighted by Gasteiger charge is -2.29. The number of carbonyl (C=O) groups excluding carboxylic acids is 2. The van der Waals surface area contributed by atoms with Crippen LogP contribution in [0, 0.1) is 0 Å². The molecule has 1 aliphatic rings. The number of amides is 1. The molecule has 0 spiro atoms. The minimum atomic E-state index is -0.167. The topological polar surface area (TPSA) is 109 Å². The van der Waals surface area contributed by atoms with Crippen LogP contribution in [0.25, 0.3) is 16.3 Å². The number of benzene rings is 1. The molecule has 33 heavy (non-hydrogen) atoms. The van der Waals surface area contributed by atoms with Gasteiger partial charge in [-0.3, -0.25) is 9.59 Å². The van der Waals surface area contributed by atoms with E-state index in [1.165, 1.54) is 0 Å². The zero-order valence-corrected chi connectivity index (χ0v) is 18.2. The number of nitrogens with zero attached hydrogens (tertiary/aromatic N) is 3. The van der Waals surface area contributed by atoms with Gasteiger partial charge in [0, 0.05) is 30.0 Å². The van der Waals surface area contributed by atoms with E-state index in [2.05, 4.69) is 20.6 Å². The van der Waals surface area contributed by atoms with Crippen molar-refractivity contribution >= 4 is 28.5 Å². The normalized spacial score (nSPS) is 18.4. The van der Waals surface area contributed by atoms with Gasteiger partial charge in [0.1, 0.15) is 6.29 Å². The van der Waals surface area contributed by atoms with Crippen LogP contribution in [0.5, 0.6) is 0 Å². The number of H-pyrrole nitrogens is 1. The molecule has 1 saturated carbocycles. The third-order valence-corrected chi connectivity index (χ3v) is 6.55. The summed E-state index contributed by atoms with van der Waals surface area (Å²) in [4.78, 5) is 35.6. The van der Waals surface area contributed by atoms with E-state index in [1.54, 1.807) is 10.7 Å². The molecule has 1 aliphatic carbocycles. The molecule has 0 saturated heterocycles. The van der Waals surface area contributed by atoms with Gasteiger partial charge in [0.25, 0.3) is 11.5 Å². The maximum atomic E-state index is 12.9. The van der Waals surface area contributed by atoms with Crippen LogP contribution in [-0.2, 0) is 11.2 Å². The molecule has 3 heterocycles. The summed E-state index contributed by atoms with van der Waals surface area (Å²) in [6.45, 7) is 0. The molecule has 3 aromatic heterocycles. The van der Waals surface area contributed by atoms with Crippen LogP contribution >= 0.6 is 0 Å². The summed E-state index contributed by atoms with van der Waals surface area (Å²) in [5, 5.41) is 16.1. The van der Waals surface area contributed by atoms with Gasteiger partial charge in [0.15, 0.2) is 0 Å². The van der Waals surface area contributed by atoms with Gasteiger partial charge in [-0.05, 0) is 49.8 Å². The summed E-state index contributed by atoms with van der Waals surface area (Å²) in [5.41, 5.74) is 3.07. The van der Waals surface area contributed by atoms with Gasteiger partial charge in [-0.1, -0.05) is 24.3 Å². The van der Waals surface area contributed by atoms with Gasteiger partial charge in [0.05, 0.1) is 28.4 Å². The molecule has 0 unspecified atom stereocenters. The van der Waals surface area contributed by atoms with Crippen molar-refractivity contribution in [3.8, 4) is 0 Å². The molecule has 1 amide bonds. The lowest BCUT2D eigenvalue weighted by atomic mass is 9.82. The number of pyridine rings is 1. The molecule has 1 fully saturated rings. The number of hydrogen-bond acceptors (Lipinski definition) is 5. The van der Waals surface area contributed by atoms with Crippen molar-refractivity contribution in [1.29, 1.82) is 0 Å². The summed E-state index contributed by atoms with van der Waals surface area (Å²) in [6.07, 6.45) is 8.96. The first-order valence-corrected chi connectivity index (χ1v) is 11.3. The van der Waals surface area contributed by atoms with E-state index < -0.39 is 0 Å². The first-order valence-electron chi connectivity index (χ1n) is 11.3. The maximum Gasteiger partial charge on any atom is 0.272 e. The van der Waals surface area contributed by atoms with Crippen LogP contribution in [0.2, 0.25) is 0 Å².